The van der Waals surface area contributed by atoms with Gasteiger partial charge >= 0.3 is 0 Å². The molecular formula is C15H21N3O2. The van der Waals surface area contributed by atoms with Crippen molar-refractivity contribution in [3.05, 3.63) is 29.6 Å². The summed E-state index contributed by atoms with van der Waals surface area (Å²) in [7, 11) is 0. The van der Waals surface area contributed by atoms with Crippen LogP contribution in [0.2, 0.25) is 0 Å². The highest BCUT2D eigenvalue weighted by Gasteiger charge is 2.36. The first-order chi connectivity index (χ1) is 9.79. The predicted molar refractivity (Wildman–Crippen MR) is 75.2 cm³/mol. The minimum absolute atomic E-state index is 0.0855. The molecule has 1 amide bonds. The zero-order valence-corrected chi connectivity index (χ0v) is 11.6. The number of amides is 1. The first kappa shape index (κ1) is 13.5. The molecule has 2 unspecified atom stereocenters. The Hall–Kier alpha value is -1.46. The Balaban J connectivity index is 1.81. The molecule has 2 fully saturated rings. The lowest BCUT2D eigenvalue weighted by Crippen LogP contribution is -2.54. The monoisotopic (exact) mass is 275 g/mol. The smallest absolute Gasteiger partial charge is 0.254 e. The summed E-state index contributed by atoms with van der Waals surface area (Å²) >= 11 is 0. The van der Waals surface area contributed by atoms with Gasteiger partial charge in [0.25, 0.3) is 5.91 Å². The van der Waals surface area contributed by atoms with Gasteiger partial charge in [0.1, 0.15) is 0 Å². The molecule has 1 saturated carbocycles. The average Bonchev–Trinajstić information content (AvgIpc) is 2.53. The molecule has 0 bridgehead atoms. The van der Waals surface area contributed by atoms with Crippen molar-refractivity contribution in [2.75, 3.05) is 13.2 Å². The molecule has 1 aromatic rings. The second-order valence-corrected chi connectivity index (χ2v) is 5.50. The molecule has 1 saturated heterocycles. The Morgan fingerprint density at radius 3 is 3.15 bits per heavy atom. The molecule has 2 aliphatic rings. The van der Waals surface area contributed by atoms with Gasteiger partial charge in [-0.15, -0.1) is 0 Å². The first-order valence-corrected chi connectivity index (χ1v) is 7.37. The summed E-state index contributed by atoms with van der Waals surface area (Å²) < 4.78 is 5.82. The lowest BCUT2D eigenvalue weighted by Gasteiger charge is -2.43. The second-order valence-electron chi connectivity index (χ2n) is 5.50. The van der Waals surface area contributed by atoms with Gasteiger partial charge in [0.15, 0.2) is 0 Å². The fraction of sp³-hybridized carbons (Fsp3) is 0.600. The predicted octanol–water partition coefficient (Wildman–Crippen LogP) is 1.32. The lowest BCUT2D eigenvalue weighted by molar-refractivity contribution is -0.0752. The number of fused-ring (bicyclic) bond motifs is 1. The van der Waals surface area contributed by atoms with Gasteiger partial charge in [0.05, 0.1) is 24.4 Å². The van der Waals surface area contributed by atoms with Crippen LogP contribution in [0, 0.1) is 0 Å². The molecule has 2 N–H and O–H groups in total. The standard InChI is InChI=1S/C15H21N3O2/c16-10-12-9-11(5-6-17-12)15(19)18-7-8-20-14-4-2-1-3-13(14)18/h5-6,9,13-14H,1-4,7-8,10,16H2. The summed E-state index contributed by atoms with van der Waals surface area (Å²) in [6.07, 6.45) is 6.38. The van der Waals surface area contributed by atoms with Crippen molar-refractivity contribution in [2.45, 2.75) is 44.4 Å². The van der Waals surface area contributed by atoms with Crippen molar-refractivity contribution in [1.82, 2.24) is 9.88 Å². The molecule has 108 valence electrons. The minimum atomic E-state index is 0.0855. The molecule has 1 aliphatic carbocycles. The number of hydrogen-bond acceptors (Lipinski definition) is 4. The van der Waals surface area contributed by atoms with Gasteiger partial charge in [-0.05, 0) is 25.0 Å². The van der Waals surface area contributed by atoms with Crippen molar-refractivity contribution < 1.29 is 9.53 Å². The maximum atomic E-state index is 12.7. The Bertz CT molecular complexity index is 490. The summed E-state index contributed by atoms with van der Waals surface area (Å²) in [5.74, 6) is 0.0855. The zero-order valence-electron chi connectivity index (χ0n) is 11.6. The van der Waals surface area contributed by atoms with Crippen LogP contribution in [0.5, 0.6) is 0 Å². The maximum Gasteiger partial charge on any atom is 0.254 e. The summed E-state index contributed by atoms with van der Waals surface area (Å²) in [5.41, 5.74) is 7.04. The molecule has 20 heavy (non-hydrogen) atoms. The number of ether oxygens (including phenoxy) is 1. The second kappa shape index (κ2) is 5.89. The minimum Gasteiger partial charge on any atom is -0.374 e. The van der Waals surface area contributed by atoms with Crippen LogP contribution in [0.1, 0.15) is 41.7 Å². The van der Waals surface area contributed by atoms with Crippen LogP contribution < -0.4 is 5.73 Å². The highest BCUT2D eigenvalue weighted by atomic mass is 16.5. The van der Waals surface area contributed by atoms with Crippen molar-refractivity contribution in [2.24, 2.45) is 5.73 Å². The van der Waals surface area contributed by atoms with Gasteiger partial charge in [-0.2, -0.15) is 0 Å². The summed E-state index contributed by atoms with van der Waals surface area (Å²) in [6.45, 7) is 1.68. The topological polar surface area (TPSA) is 68.5 Å². The zero-order chi connectivity index (χ0) is 13.9. The van der Waals surface area contributed by atoms with Crippen LogP contribution in [0.4, 0.5) is 0 Å². The first-order valence-electron chi connectivity index (χ1n) is 7.37. The number of aromatic nitrogens is 1. The van der Waals surface area contributed by atoms with Crippen LogP contribution in [0.25, 0.3) is 0 Å². The molecule has 0 aromatic carbocycles. The van der Waals surface area contributed by atoms with Gasteiger partial charge < -0.3 is 15.4 Å². The molecule has 2 atom stereocenters. The number of nitrogens with zero attached hydrogens (tertiary/aromatic N) is 2. The van der Waals surface area contributed by atoms with E-state index in [9.17, 15) is 4.79 Å². The highest BCUT2D eigenvalue weighted by molar-refractivity contribution is 5.94. The van der Waals surface area contributed by atoms with Gasteiger partial charge in [-0.25, -0.2) is 0 Å². The molecule has 2 heterocycles. The molecule has 3 rings (SSSR count). The van der Waals surface area contributed by atoms with E-state index in [1.807, 2.05) is 4.90 Å². The summed E-state index contributed by atoms with van der Waals surface area (Å²) in [6, 6.07) is 3.81. The number of hydrogen-bond donors (Lipinski definition) is 1. The number of carbonyl (C=O) groups excluding carboxylic acids is 1. The lowest BCUT2D eigenvalue weighted by atomic mass is 9.89. The molecule has 5 heteroatoms. The Kier molecular flexibility index (Phi) is 3.98. The van der Waals surface area contributed by atoms with Crippen LogP contribution in [-0.4, -0.2) is 41.1 Å². The van der Waals surface area contributed by atoms with Crippen LogP contribution in [-0.2, 0) is 11.3 Å². The van der Waals surface area contributed by atoms with E-state index in [1.165, 1.54) is 12.8 Å². The summed E-state index contributed by atoms with van der Waals surface area (Å²) in [4.78, 5) is 18.9. The average molecular weight is 275 g/mol. The van der Waals surface area contributed by atoms with Crippen molar-refractivity contribution in [3.8, 4) is 0 Å². The number of carbonyl (C=O) groups is 1. The normalized spacial score (nSPS) is 26.1. The Morgan fingerprint density at radius 2 is 2.30 bits per heavy atom. The molecule has 0 spiro atoms. The van der Waals surface area contributed by atoms with Crippen LogP contribution in [0.15, 0.2) is 18.3 Å². The SMILES string of the molecule is NCc1cc(C(=O)N2CCOC3CCCCC32)ccn1. The van der Waals surface area contributed by atoms with E-state index in [-0.39, 0.29) is 18.1 Å². The van der Waals surface area contributed by atoms with Crippen LogP contribution >= 0.6 is 0 Å². The third kappa shape index (κ3) is 2.55. The number of nitrogens with two attached hydrogens (primary N) is 1. The number of morpholine rings is 1. The van der Waals surface area contributed by atoms with Crippen LogP contribution in [0.3, 0.4) is 0 Å². The van der Waals surface area contributed by atoms with E-state index in [4.69, 9.17) is 10.5 Å². The molecule has 5 nitrogen and oxygen atoms in total. The third-order valence-corrected chi connectivity index (χ3v) is 4.27. The van der Waals surface area contributed by atoms with Gasteiger partial charge in [0.2, 0.25) is 0 Å². The quantitative estimate of drug-likeness (QED) is 0.884. The van der Waals surface area contributed by atoms with E-state index in [2.05, 4.69) is 4.98 Å². The summed E-state index contributed by atoms with van der Waals surface area (Å²) in [5, 5.41) is 0. The third-order valence-electron chi connectivity index (χ3n) is 4.27. The van der Waals surface area contributed by atoms with E-state index in [0.29, 0.717) is 25.3 Å². The maximum absolute atomic E-state index is 12.7. The van der Waals surface area contributed by atoms with Crippen molar-refractivity contribution in [3.63, 3.8) is 0 Å². The van der Waals surface area contributed by atoms with Gasteiger partial charge in [-0.3, -0.25) is 9.78 Å². The van der Waals surface area contributed by atoms with Gasteiger partial charge in [0, 0.05) is 24.8 Å². The number of rotatable bonds is 2. The molecule has 1 aromatic heterocycles. The van der Waals surface area contributed by atoms with Gasteiger partial charge in [-0.1, -0.05) is 12.8 Å². The fourth-order valence-electron chi connectivity index (χ4n) is 3.24. The Morgan fingerprint density at radius 1 is 1.45 bits per heavy atom. The van der Waals surface area contributed by atoms with E-state index in [0.717, 1.165) is 18.5 Å². The van der Waals surface area contributed by atoms with E-state index < -0.39 is 0 Å². The van der Waals surface area contributed by atoms with E-state index in [1.54, 1.807) is 18.3 Å². The molecule has 1 aliphatic heterocycles. The van der Waals surface area contributed by atoms with E-state index >= 15 is 0 Å². The highest BCUT2D eigenvalue weighted by Crippen LogP contribution is 2.29. The fourth-order valence-corrected chi connectivity index (χ4v) is 3.24. The molecular weight excluding hydrogens is 254 g/mol. The van der Waals surface area contributed by atoms with Crippen molar-refractivity contribution in [1.29, 1.82) is 0 Å². The van der Waals surface area contributed by atoms with Crippen molar-refractivity contribution >= 4 is 5.91 Å². The number of pyridine rings is 1. The Labute approximate surface area is 119 Å². The largest absolute Gasteiger partial charge is 0.374 e. The molecule has 0 radical (unpaired) electrons.